The van der Waals surface area contributed by atoms with Crippen LogP contribution in [0.1, 0.15) is 80.6 Å². The Morgan fingerprint density at radius 2 is 1.72 bits per heavy atom. The summed E-state index contributed by atoms with van der Waals surface area (Å²) in [4.78, 5) is 0. The molecule has 1 aliphatic rings. The van der Waals surface area contributed by atoms with Gasteiger partial charge < -0.3 is 9.84 Å². The van der Waals surface area contributed by atoms with Crippen LogP contribution in [0.15, 0.2) is 73.3 Å². The first-order chi connectivity index (χ1) is 18.9. The lowest BCUT2D eigenvalue weighted by Crippen LogP contribution is -2.12. The lowest BCUT2D eigenvalue weighted by molar-refractivity contribution is 0.166. The van der Waals surface area contributed by atoms with E-state index in [-0.39, 0.29) is 34.5 Å². The van der Waals surface area contributed by atoms with Crippen molar-refractivity contribution in [2.24, 2.45) is 5.92 Å². The van der Waals surface area contributed by atoms with Crippen molar-refractivity contribution in [1.29, 1.82) is 0 Å². The number of aliphatic hydroxyl groups is 1. The van der Waals surface area contributed by atoms with Crippen LogP contribution in [0.25, 0.3) is 17.2 Å². The average molecular weight is 535 g/mol. The first-order valence-corrected chi connectivity index (χ1v) is 13.9. The Labute approximate surface area is 229 Å². The Morgan fingerprint density at radius 1 is 0.974 bits per heavy atom. The topological polar surface area (TPSA) is 29.5 Å². The highest BCUT2D eigenvalue weighted by molar-refractivity contribution is 5.67. The summed E-state index contributed by atoms with van der Waals surface area (Å²) >= 11 is 0. The van der Waals surface area contributed by atoms with Gasteiger partial charge in [0.15, 0.2) is 23.2 Å². The van der Waals surface area contributed by atoms with Gasteiger partial charge in [0.05, 0.1) is 12.7 Å². The van der Waals surface area contributed by atoms with Crippen LogP contribution in [0.5, 0.6) is 5.75 Å². The molecule has 3 aromatic rings. The molecule has 2 nitrogen and oxygen atoms in total. The molecule has 5 heteroatoms. The van der Waals surface area contributed by atoms with E-state index in [2.05, 4.69) is 6.58 Å². The predicted molar refractivity (Wildman–Crippen MR) is 152 cm³/mol. The summed E-state index contributed by atoms with van der Waals surface area (Å²) in [7, 11) is 0. The highest BCUT2D eigenvalue weighted by Gasteiger charge is 2.22. The maximum atomic E-state index is 15.0. The van der Waals surface area contributed by atoms with Gasteiger partial charge in [0.2, 0.25) is 0 Å². The van der Waals surface area contributed by atoms with Crippen molar-refractivity contribution in [2.45, 2.75) is 63.9 Å². The molecule has 3 aromatic carbocycles. The van der Waals surface area contributed by atoms with Gasteiger partial charge in [0.25, 0.3) is 0 Å². The van der Waals surface area contributed by atoms with Crippen molar-refractivity contribution in [2.75, 3.05) is 6.61 Å². The summed E-state index contributed by atoms with van der Waals surface area (Å²) in [5.74, 6) is -1.28. The zero-order chi connectivity index (χ0) is 27.8. The summed E-state index contributed by atoms with van der Waals surface area (Å²) < 4.78 is 49.8. The summed E-state index contributed by atoms with van der Waals surface area (Å²) in [6, 6.07) is 15.4. The normalized spacial score (nSPS) is 18.3. The standard InChI is InChI=1S/C34H37F3O2/c1-3-5-21-39-32-20-18-28(22-30(32)35)24-10-7-23(8-11-24)9-12-27-17-19-29(34(37)33(27)36)25-13-15-26(16-14-25)31(38)6-4-2/h3,9,12-20,22-24,31,38H,1,4-8,10-11,21H2,2H3/b12-9+. The molecule has 1 saturated carbocycles. The Morgan fingerprint density at radius 3 is 2.38 bits per heavy atom. The van der Waals surface area contributed by atoms with Gasteiger partial charge in [-0.3, -0.25) is 0 Å². The molecular formula is C34H37F3O2. The molecule has 1 N–H and O–H groups in total. The predicted octanol–water partition coefficient (Wildman–Crippen LogP) is 9.55. The van der Waals surface area contributed by atoms with Crippen LogP contribution in [-0.4, -0.2) is 11.7 Å². The van der Waals surface area contributed by atoms with Crippen LogP contribution in [0.2, 0.25) is 0 Å². The van der Waals surface area contributed by atoms with Gasteiger partial charge in [-0.1, -0.05) is 74.0 Å². The van der Waals surface area contributed by atoms with Gasteiger partial charge in [-0.15, -0.1) is 6.58 Å². The van der Waals surface area contributed by atoms with Gasteiger partial charge >= 0.3 is 0 Å². The van der Waals surface area contributed by atoms with Crippen LogP contribution < -0.4 is 4.74 Å². The second-order valence-corrected chi connectivity index (χ2v) is 10.3. The molecule has 0 radical (unpaired) electrons. The molecule has 206 valence electrons. The van der Waals surface area contributed by atoms with E-state index >= 15 is 0 Å². The summed E-state index contributed by atoms with van der Waals surface area (Å²) in [5.41, 5.74) is 2.74. The van der Waals surface area contributed by atoms with Crippen LogP contribution in [-0.2, 0) is 0 Å². The number of rotatable bonds is 11. The van der Waals surface area contributed by atoms with E-state index in [0.717, 1.165) is 43.2 Å². The fourth-order valence-electron chi connectivity index (χ4n) is 5.27. The molecule has 0 aliphatic heterocycles. The van der Waals surface area contributed by atoms with Crippen molar-refractivity contribution in [3.63, 3.8) is 0 Å². The lowest BCUT2D eigenvalue weighted by Gasteiger charge is -2.27. The molecule has 1 atom stereocenters. The molecule has 1 aliphatic carbocycles. The molecule has 0 heterocycles. The minimum absolute atomic E-state index is 0.200. The highest BCUT2D eigenvalue weighted by atomic mass is 19.2. The summed E-state index contributed by atoms with van der Waals surface area (Å²) in [6.07, 6.45) is 10.6. The molecule has 0 aromatic heterocycles. The van der Waals surface area contributed by atoms with E-state index in [9.17, 15) is 18.3 Å². The van der Waals surface area contributed by atoms with Crippen molar-refractivity contribution < 1.29 is 23.0 Å². The van der Waals surface area contributed by atoms with E-state index in [1.165, 1.54) is 0 Å². The molecule has 0 amide bonds. The third-order valence-corrected chi connectivity index (χ3v) is 7.61. The zero-order valence-corrected chi connectivity index (χ0v) is 22.5. The molecule has 39 heavy (non-hydrogen) atoms. The number of ether oxygens (including phenoxy) is 1. The molecule has 0 spiro atoms. The minimum atomic E-state index is -0.873. The van der Waals surface area contributed by atoms with Gasteiger partial charge in [0.1, 0.15) is 0 Å². The number of aliphatic hydroxyl groups excluding tert-OH is 1. The van der Waals surface area contributed by atoms with Gasteiger partial charge in [-0.2, -0.15) is 0 Å². The number of benzene rings is 3. The van der Waals surface area contributed by atoms with Crippen molar-refractivity contribution in [3.05, 3.63) is 107 Å². The van der Waals surface area contributed by atoms with E-state index in [1.54, 1.807) is 60.7 Å². The smallest absolute Gasteiger partial charge is 0.167 e. The van der Waals surface area contributed by atoms with Crippen LogP contribution in [0.3, 0.4) is 0 Å². The van der Waals surface area contributed by atoms with E-state index in [4.69, 9.17) is 4.74 Å². The molecular weight excluding hydrogens is 497 g/mol. The fraction of sp³-hybridized carbons (Fsp3) is 0.353. The SMILES string of the molecule is C=CCCOc1ccc(C2CCC(/C=C/c3ccc(-c4ccc(C(O)CCC)cc4)c(F)c3F)CC2)cc1F. The number of halogens is 3. The van der Waals surface area contributed by atoms with E-state index < -0.39 is 17.7 Å². The zero-order valence-electron chi connectivity index (χ0n) is 22.5. The van der Waals surface area contributed by atoms with E-state index in [0.29, 0.717) is 25.0 Å². The number of hydrogen-bond acceptors (Lipinski definition) is 2. The van der Waals surface area contributed by atoms with Crippen LogP contribution >= 0.6 is 0 Å². The lowest BCUT2D eigenvalue weighted by atomic mass is 9.78. The second-order valence-electron chi connectivity index (χ2n) is 10.3. The quantitative estimate of drug-likeness (QED) is 0.196. The molecule has 1 fully saturated rings. The largest absolute Gasteiger partial charge is 0.490 e. The first-order valence-electron chi connectivity index (χ1n) is 13.9. The molecule has 1 unspecified atom stereocenters. The first kappa shape index (κ1) is 28.7. The summed E-state index contributed by atoms with van der Waals surface area (Å²) in [5, 5.41) is 10.1. The minimum Gasteiger partial charge on any atom is -0.490 e. The van der Waals surface area contributed by atoms with Gasteiger partial charge in [-0.25, -0.2) is 13.2 Å². The monoisotopic (exact) mass is 534 g/mol. The number of hydrogen-bond donors (Lipinski definition) is 1. The third-order valence-electron chi connectivity index (χ3n) is 7.61. The Kier molecular flexibility index (Phi) is 10.0. The van der Waals surface area contributed by atoms with Crippen molar-refractivity contribution in [3.8, 4) is 16.9 Å². The van der Waals surface area contributed by atoms with Crippen LogP contribution in [0.4, 0.5) is 13.2 Å². The second kappa shape index (κ2) is 13.7. The Balaban J connectivity index is 1.36. The summed E-state index contributed by atoms with van der Waals surface area (Å²) in [6.45, 7) is 6.05. The molecule has 4 rings (SSSR count). The third kappa shape index (κ3) is 7.21. The maximum Gasteiger partial charge on any atom is 0.167 e. The Bertz CT molecular complexity index is 1270. The average Bonchev–Trinajstić information content (AvgIpc) is 2.95. The maximum absolute atomic E-state index is 15.0. The van der Waals surface area contributed by atoms with Gasteiger partial charge in [0, 0.05) is 11.1 Å². The highest BCUT2D eigenvalue weighted by Crippen LogP contribution is 2.38. The number of allylic oxidation sites excluding steroid dienone is 1. The van der Waals surface area contributed by atoms with Gasteiger partial charge in [-0.05, 0) is 79.2 Å². The molecule has 0 bridgehead atoms. The molecule has 0 saturated heterocycles. The Hall–Kier alpha value is -3.31. The van der Waals surface area contributed by atoms with Crippen molar-refractivity contribution in [1.82, 2.24) is 0 Å². The fourth-order valence-corrected chi connectivity index (χ4v) is 5.27. The van der Waals surface area contributed by atoms with Crippen LogP contribution in [0, 0.1) is 23.4 Å². The van der Waals surface area contributed by atoms with E-state index in [1.807, 2.05) is 19.1 Å². The van der Waals surface area contributed by atoms with Crippen molar-refractivity contribution >= 4 is 6.08 Å².